The monoisotopic (exact) mass is 158 g/mol. The molecule has 3 nitrogen and oxygen atoms in total. The van der Waals surface area contributed by atoms with Gasteiger partial charge < -0.3 is 15.8 Å². The summed E-state index contributed by atoms with van der Waals surface area (Å²) in [5.74, 6) is 0. The number of nitrogens with one attached hydrogen (secondary N) is 1. The van der Waals surface area contributed by atoms with E-state index in [0.29, 0.717) is 12.1 Å². The second kappa shape index (κ2) is 4.70. The predicted molar refractivity (Wildman–Crippen MR) is 45.5 cm³/mol. The summed E-state index contributed by atoms with van der Waals surface area (Å²) in [7, 11) is 1.78. The van der Waals surface area contributed by atoms with E-state index >= 15 is 0 Å². The van der Waals surface area contributed by atoms with E-state index in [2.05, 4.69) is 5.32 Å². The van der Waals surface area contributed by atoms with Gasteiger partial charge in [-0.3, -0.25) is 0 Å². The van der Waals surface area contributed by atoms with Crippen molar-refractivity contribution in [1.29, 1.82) is 0 Å². The van der Waals surface area contributed by atoms with Gasteiger partial charge in [-0.25, -0.2) is 0 Å². The van der Waals surface area contributed by atoms with Gasteiger partial charge in [0, 0.05) is 13.2 Å². The van der Waals surface area contributed by atoms with E-state index in [4.69, 9.17) is 10.5 Å². The first kappa shape index (κ1) is 8.97. The van der Waals surface area contributed by atoms with E-state index in [9.17, 15) is 0 Å². The maximum absolute atomic E-state index is 5.48. The number of piperidine rings is 1. The van der Waals surface area contributed by atoms with Gasteiger partial charge in [-0.05, 0) is 32.4 Å². The van der Waals surface area contributed by atoms with E-state index in [-0.39, 0.29) is 0 Å². The number of methoxy groups -OCH3 is 1. The molecule has 11 heavy (non-hydrogen) atoms. The van der Waals surface area contributed by atoms with E-state index in [0.717, 1.165) is 19.5 Å². The number of ether oxygens (including phenoxy) is 1. The van der Waals surface area contributed by atoms with Crippen LogP contribution in [0.3, 0.4) is 0 Å². The lowest BCUT2D eigenvalue weighted by Gasteiger charge is -2.31. The van der Waals surface area contributed by atoms with Crippen molar-refractivity contribution in [2.45, 2.75) is 31.4 Å². The van der Waals surface area contributed by atoms with Gasteiger partial charge in [-0.1, -0.05) is 0 Å². The molecule has 1 aliphatic rings. The Bertz CT molecular complexity index is 106. The van der Waals surface area contributed by atoms with Gasteiger partial charge in [0.2, 0.25) is 0 Å². The predicted octanol–water partition coefficient (Wildman–Crippen LogP) is 0.102. The maximum Gasteiger partial charge on any atom is 0.0725 e. The zero-order valence-corrected chi connectivity index (χ0v) is 7.18. The van der Waals surface area contributed by atoms with Crippen molar-refractivity contribution in [2.75, 3.05) is 20.2 Å². The summed E-state index contributed by atoms with van der Waals surface area (Å²) in [6.07, 6.45) is 3.80. The first-order valence-electron chi connectivity index (χ1n) is 4.34. The zero-order chi connectivity index (χ0) is 8.10. The molecule has 2 atom stereocenters. The second-order valence-electron chi connectivity index (χ2n) is 3.05. The van der Waals surface area contributed by atoms with Gasteiger partial charge in [0.05, 0.1) is 6.10 Å². The lowest BCUT2D eigenvalue weighted by molar-refractivity contribution is 0.0436. The van der Waals surface area contributed by atoms with Gasteiger partial charge in [0.15, 0.2) is 0 Å². The SMILES string of the molecule is COC1CCCNC1CCN. The minimum absolute atomic E-state index is 0.382. The fraction of sp³-hybridized carbons (Fsp3) is 1.00. The molecular formula is C8H18N2O. The number of rotatable bonds is 3. The number of hydrogen-bond acceptors (Lipinski definition) is 3. The summed E-state index contributed by atoms with van der Waals surface area (Å²) >= 11 is 0. The highest BCUT2D eigenvalue weighted by Crippen LogP contribution is 2.13. The standard InChI is InChI=1S/C8H18N2O/c1-11-8-3-2-6-10-7(8)4-5-9/h7-8,10H,2-6,9H2,1H3. The van der Waals surface area contributed by atoms with Crippen molar-refractivity contribution >= 4 is 0 Å². The first-order valence-corrected chi connectivity index (χ1v) is 4.34. The summed E-state index contributed by atoms with van der Waals surface area (Å²) in [5, 5.41) is 3.42. The topological polar surface area (TPSA) is 47.3 Å². The Morgan fingerprint density at radius 3 is 3.09 bits per heavy atom. The third-order valence-corrected chi connectivity index (χ3v) is 2.30. The Morgan fingerprint density at radius 2 is 2.45 bits per heavy atom. The molecule has 0 aromatic rings. The average molecular weight is 158 g/mol. The normalized spacial score (nSPS) is 32.2. The quantitative estimate of drug-likeness (QED) is 0.612. The van der Waals surface area contributed by atoms with Crippen LogP contribution in [0.15, 0.2) is 0 Å². The van der Waals surface area contributed by atoms with Gasteiger partial charge in [0.1, 0.15) is 0 Å². The highest BCUT2D eigenvalue weighted by Gasteiger charge is 2.22. The maximum atomic E-state index is 5.48. The van der Waals surface area contributed by atoms with Crippen molar-refractivity contribution in [1.82, 2.24) is 5.32 Å². The molecule has 3 N–H and O–H groups in total. The Morgan fingerprint density at radius 1 is 1.64 bits per heavy atom. The van der Waals surface area contributed by atoms with E-state index in [1.54, 1.807) is 7.11 Å². The smallest absolute Gasteiger partial charge is 0.0725 e. The van der Waals surface area contributed by atoms with Gasteiger partial charge in [0.25, 0.3) is 0 Å². The summed E-state index contributed by atoms with van der Waals surface area (Å²) < 4.78 is 5.34. The third-order valence-electron chi connectivity index (χ3n) is 2.30. The molecule has 0 aromatic carbocycles. The van der Waals surface area contributed by atoms with E-state index in [1.807, 2.05) is 0 Å². The van der Waals surface area contributed by atoms with Crippen LogP contribution in [-0.4, -0.2) is 32.3 Å². The van der Waals surface area contributed by atoms with Crippen molar-refractivity contribution in [3.8, 4) is 0 Å². The first-order chi connectivity index (χ1) is 5.38. The van der Waals surface area contributed by atoms with Crippen LogP contribution in [0.25, 0.3) is 0 Å². The Hall–Kier alpha value is -0.120. The van der Waals surface area contributed by atoms with Crippen LogP contribution in [0.1, 0.15) is 19.3 Å². The molecule has 0 saturated carbocycles. The molecule has 0 spiro atoms. The lowest BCUT2D eigenvalue weighted by atomic mass is 9.99. The Labute approximate surface area is 68.3 Å². The highest BCUT2D eigenvalue weighted by atomic mass is 16.5. The molecule has 1 heterocycles. The van der Waals surface area contributed by atoms with Crippen molar-refractivity contribution < 1.29 is 4.74 Å². The van der Waals surface area contributed by atoms with E-state index in [1.165, 1.54) is 12.8 Å². The number of hydrogen-bond donors (Lipinski definition) is 2. The van der Waals surface area contributed by atoms with Crippen LogP contribution in [0.2, 0.25) is 0 Å². The van der Waals surface area contributed by atoms with Crippen LogP contribution >= 0.6 is 0 Å². The van der Waals surface area contributed by atoms with Crippen molar-refractivity contribution in [3.63, 3.8) is 0 Å². The molecule has 1 fully saturated rings. The summed E-state index contributed by atoms with van der Waals surface area (Å²) in [6, 6.07) is 0.485. The summed E-state index contributed by atoms with van der Waals surface area (Å²) in [5.41, 5.74) is 5.48. The molecule has 2 unspecified atom stereocenters. The molecule has 0 aromatic heterocycles. The number of nitrogens with two attached hydrogens (primary N) is 1. The van der Waals surface area contributed by atoms with Crippen LogP contribution in [0.5, 0.6) is 0 Å². The molecule has 0 amide bonds. The molecular weight excluding hydrogens is 140 g/mol. The minimum atomic E-state index is 0.382. The molecule has 66 valence electrons. The van der Waals surface area contributed by atoms with Gasteiger partial charge in [-0.2, -0.15) is 0 Å². The van der Waals surface area contributed by atoms with Crippen LogP contribution in [0.4, 0.5) is 0 Å². The third kappa shape index (κ3) is 2.43. The molecule has 3 heteroatoms. The van der Waals surface area contributed by atoms with Crippen molar-refractivity contribution in [2.24, 2.45) is 5.73 Å². The summed E-state index contributed by atoms with van der Waals surface area (Å²) in [6.45, 7) is 1.86. The highest BCUT2D eigenvalue weighted by molar-refractivity contribution is 4.81. The molecule has 1 rings (SSSR count). The van der Waals surface area contributed by atoms with Crippen LogP contribution in [0, 0.1) is 0 Å². The zero-order valence-electron chi connectivity index (χ0n) is 7.18. The molecule has 0 bridgehead atoms. The molecule has 0 radical (unpaired) electrons. The second-order valence-corrected chi connectivity index (χ2v) is 3.05. The van der Waals surface area contributed by atoms with Crippen molar-refractivity contribution in [3.05, 3.63) is 0 Å². The Kier molecular flexibility index (Phi) is 3.83. The average Bonchev–Trinajstić information content (AvgIpc) is 2.06. The van der Waals surface area contributed by atoms with Gasteiger partial charge >= 0.3 is 0 Å². The molecule has 1 aliphatic heterocycles. The summed E-state index contributed by atoms with van der Waals surface area (Å²) in [4.78, 5) is 0. The molecule has 0 aliphatic carbocycles. The molecule has 1 saturated heterocycles. The Balaban J connectivity index is 2.31. The fourth-order valence-electron chi connectivity index (χ4n) is 1.67. The fourth-order valence-corrected chi connectivity index (χ4v) is 1.67. The van der Waals surface area contributed by atoms with Crippen LogP contribution in [-0.2, 0) is 4.74 Å². The van der Waals surface area contributed by atoms with Crippen LogP contribution < -0.4 is 11.1 Å². The lowest BCUT2D eigenvalue weighted by Crippen LogP contribution is -2.46. The van der Waals surface area contributed by atoms with Gasteiger partial charge in [-0.15, -0.1) is 0 Å². The minimum Gasteiger partial charge on any atom is -0.380 e. The van der Waals surface area contributed by atoms with E-state index < -0.39 is 0 Å². The largest absolute Gasteiger partial charge is 0.380 e.